The van der Waals surface area contributed by atoms with E-state index in [1.54, 1.807) is 29.2 Å². The molecule has 1 fully saturated rings. The first kappa shape index (κ1) is 22.3. The predicted molar refractivity (Wildman–Crippen MR) is 127 cm³/mol. The van der Waals surface area contributed by atoms with E-state index in [4.69, 9.17) is 10.00 Å². The van der Waals surface area contributed by atoms with Gasteiger partial charge in [-0.25, -0.2) is 0 Å². The molecule has 0 unspecified atom stereocenters. The number of hydrogen-bond donors (Lipinski definition) is 0. The van der Waals surface area contributed by atoms with Crippen LogP contribution in [0.25, 0.3) is 11.3 Å². The van der Waals surface area contributed by atoms with Gasteiger partial charge in [-0.05, 0) is 67.8 Å². The third-order valence-corrected chi connectivity index (χ3v) is 6.08. The number of hydrogen-bond acceptors (Lipinski definition) is 6. The lowest BCUT2D eigenvalue weighted by Gasteiger charge is -2.35. The van der Waals surface area contributed by atoms with Gasteiger partial charge in [0.2, 0.25) is 0 Å². The van der Waals surface area contributed by atoms with Crippen molar-refractivity contribution in [2.75, 3.05) is 37.7 Å². The summed E-state index contributed by atoms with van der Waals surface area (Å²) in [5.74, 6) is 1.15. The summed E-state index contributed by atoms with van der Waals surface area (Å²) in [6.07, 6.45) is 0. The molecule has 1 aliphatic rings. The number of aryl methyl sites for hydroxylation is 3. The first-order valence-corrected chi connectivity index (χ1v) is 11.0. The van der Waals surface area contributed by atoms with Gasteiger partial charge in [0.15, 0.2) is 12.4 Å². The minimum absolute atomic E-state index is 0.0808. The van der Waals surface area contributed by atoms with Crippen molar-refractivity contribution in [2.45, 2.75) is 20.8 Å². The van der Waals surface area contributed by atoms with Gasteiger partial charge in [-0.3, -0.25) is 4.79 Å². The fourth-order valence-corrected chi connectivity index (χ4v) is 3.97. The molecule has 0 atom stereocenters. The Balaban J connectivity index is 1.34. The van der Waals surface area contributed by atoms with Crippen LogP contribution in [0.4, 0.5) is 5.82 Å². The van der Waals surface area contributed by atoms with Crippen LogP contribution >= 0.6 is 0 Å². The highest BCUT2D eigenvalue weighted by atomic mass is 16.5. The van der Waals surface area contributed by atoms with Crippen molar-refractivity contribution in [3.05, 3.63) is 70.8 Å². The van der Waals surface area contributed by atoms with Crippen molar-refractivity contribution in [2.24, 2.45) is 0 Å². The van der Waals surface area contributed by atoms with E-state index in [1.165, 1.54) is 16.7 Å². The Morgan fingerprint density at radius 1 is 0.970 bits per heavy atom. The molecule has 7 heteroatoms. The van der Waals surface area contributed by atoms with Gasteiger partial charge in [-0.2, -0.15) is 5.26 Å². The molecule has 2 heterocycles. The van der Waals surface area contributed by atoms with Crippen LogP contribution in [0.1, 0.15) is 22.3 Å². The monoisotopic (exact) mass is 441 g/mol. The molecule has 4 rings (SSSR count). The molecular weight excluding hydrogens is 414 g/mol. The van der Waals surface area contributed by atoms with Crippen molar-refractivity contribution in [3.63, 3.8) is 0 Å². The van der Waals surface area contributed by atoms with Gasteiger partial charge < -0.3 is 14.5 Å². The highest BCUT2D eigenvalue weighted by molar-refractivity contribution is 5.78. The number of ether oxygens (including phenoxy) is 1. The summed E-state index contributed by atoms with van der Waals surface area (Å²) in [6.45, 7) is 8.76. The Morgan fingerprint density at radius 2 is 1.70 bits per heavy atom. The topological polar surface area (TPSA) is 82.4 Å². The molecule has 0 bridgehead atoms. The van der Waals surface area contributed by atoms with E-state index < -0.39 is 0 Å². The summed E-state index contributed by atoms with van der Waals surface area (Å²) in [4.78, 5) is 16.5. The number of nitrogens with zero attached hydrogens (tertiary/aromatic N) is 5. The Bertz CT molecular complexity index is 1190. The van der Waals surface area contributed by atoms with Crippen molar-refractivity contribution >= 4 is 11.7 Å². The molecule has 0 N–H and O–H groups in total. The number of piperazine rings is 1. The van der Waals surface area contributed by atoms with Crippen LogP contribution in [0, 0.1) is 32.1 Å². The summed E-state index contributed by atoms with van der Waals surface area (Å²) in [7, 11) is 0. The van der Waals surface area contributed by atoms with Gasteiger partial charge in [0.25, 0.3) is 5.91 Å². The highest BCUT2D eigenvalue weighted by Crippen LogP contribution is 2.25. The van der Waals surface area contributed by atoms with Crippen molar-refractivity contribution in [3.8, 4) is 23.1 Å². The summed E-state index contributed by atoms with van der Waals surface area (Å²) in [6, 6.07) is 17.4. The summed E-state index contributed by atoms with van der Waals surface area (Å²) < 4.78 is 5.59. The van der Waals surface area contributed by atoms with Crippen LogP contribution in [0.15, 0.2) is 48.5 Å². The SMILES string of the molecule is Cc1cc(C)c(-c2ccc(N3CCN(C(=O)COc4ccccc4C#N)CC3)nn2)cc1C. The summed E-state index contributed by atoms with van der Waals surface area (Å²) >= 11 is 0. The second kappa shape index (κ2) is 9.70. The number of carbonyl (C=O) groups excluding carboxylic acids is 1. The number of amides is 1. The second-order valence-corrected chi connectivity index (χ2v) is 8.29. The molecule has 1 aliphatic heterocycles. The molecule has 0 radical (unpaired) electrons. The zero-order valence-corrected chi connectivity index (χ0v) is 19.2. The predicted octanol–water partition coefficient (Wildman–Crippen LogP) is 3.67. The maximum Gasteiger partial charge on any atom is 0.260 e. The Labute approximate surface area is 194 Å². The number of para-hydroxylation sites is 1. The summed E-state index contributed by atoms with van der Waals surface area (Å²) in [5.41, 5.74) is 6.09. The van der Waals surface area contributed by atoms with Gasteiger partial charge in [0.1, 0.15) is 11.8 Å². The number of benzene rings is 2. The average molecular weight is 442 g/mol. The van der Waals surface area contributed by atoms with E-state index >= 15 is 0 Å². The van der Waals surface area contributed by atoms with E-state index in [0.717, 1.165) is 17.1 Å². The van der Waals surface area contributed by atoms with Crippen molar-refractivity contribution < 1.29 is 9.53 Å². The van der Waals surface area contributed by atoms with Crippen LogP contribution in [-0.4, -0.2) is 53.8 Å². The number of aromatic nitrogens is 2. The largest absolute Gasteiger partial charge is 0.482 e. The van der Waals surface area contributed by atoms with E-state index in [9.17, 15) is 4.79 Å². The normalized spacial score (nSPS) is 13.5. The van der Waals surface area contributed by atoms with Gasteiger partial charge in [0, 0.05) is 31.7 Å². The second-order valence-electron chi connectivity index (χ2n) is 8.29. The lowest BCUT2D eigenvalue weighted by Crippen LogP contribution is -2.50. The Morgan fingerprint density at radius 3 is 2.39 bits per heavy atom. The molecular formula is C26H27N5O2. The van der Waals surface area contributed by atoms with E-state index in [-0.39, 0.29) is 12.5 Å². The minimum atomic E-state index is -0.0889. The van der Waals surface area contributed by atoms with Crippen LogP contribution in [0.5, 0.6) is 5.75 Å². The number of anilines is 1. The molecule has 0 aliphatic carbocycles. The number of rotatable bonds is 5. The van der Waals surface area contributed by atoms with Gasteiger partial charge in [0.05, 0.1) is 11.3 Å². The fourth-order valence-electron chi connectivity index (χ4n) is 3.97. The number of nitriles is 1. The zero-order valence-electron chi connectivity index (χ0n) is 19.2. The number of carbonyl (C=O) groups is 1. The molecule has 7 nitrogen and oxygen atoms in total. The lowest BCUT2D eigenvalue weighted by molar-refractivity contribution is -0.133. The molecule has 0 spiro atoms. The van der Waals surface area contributed by atoms with E-state index in [1.807, 2.05) is 12.1 Å². The van der Waals surface area contributed by atoms with Crippen molar-refractivity contribution in [1.29, 1.82) is 5.26 Å². The Kier molecular flexibility index (Phi) is 6.55. The molecule has 168 valence electrons. The maximum atomic E-state index is 12.6. The zero-order chi connectivity index (χ0) is 23.4. The van der Waals surface area contributed by atoms with Crippen LogP contribution in [0.2, 0.25) is 0 Å². The first-order valence-electron chi connectivity index (χ1n) is 11.0. The van der Waals surface area contributed by atoms with E-state index in [2.05, 4.69) is 54.1 Å². The smallest absolute Gasteiger partial charge is 0.260 e. The lowest BCUT2D eigenvalue weighted by atomic mass is 9.99. The van der Waals surface area contributed by atoms with Crippen LogP contribution in [-0.2, 0) is 4.79 Å². The molecule has 1 saturated heterocycles. The standard InChI is InChI=1S/C26H27N5O2/c1-18-14-20(3)22(15-19(18)2)23-8-9-25(29-28-23)30-10-12-31(13-11-30)26(32)17-33-24-7-5-4-6-21(24)16-27/h4-9,14-15H,10-13,17H2,1-3H3. The Hall–Kier alpha value is -3.92. The maximum absolute atomic E-state index is 12.6. The first-order chi connectivity index (χ1) is 16.0. The average Bonchev–Trinajstić information content (AvgIpc) is 2.85. The van der Waals surface area contributed by atoms with Gasteiger partial charge in [-0.1, -0.05) is 18.2 Å². The third kappa shape index (κ3) is 4.96. The van der Waals surface area contributed by atoms with Crippen LogP contribution in [0.3, 0.4) is 0 Å². The molecule has 2 aromatic carbocycles. The third-order valence-electron chi connectivity index (χ3n) is 6.08. The fraction of sp³-hybridized carbons (Fsp3) is 0.308. The molecule has 1 amide bonds. The quantitative estimate of drug-likeness (QED) is 0.601. The minimum Gasteiger partial charge on any atom is -0.482 e. The molecule has 3 aromatic rings. The van der Waals surface area contributed by atoms with Crippen LogP contribution < -0.4 is 9.64 Å². The highest BCUT2D eigenvalue weighted by Gasteiger charge is 2.23. The molecule has 0 saturated carbocycles. The van der Waals surface area contributed by atoms with E-state index in [0.29, 0.717) is 37.5 Å². The van der Waals surface area contributed by atoms with Crippen molar-refractivity contribution in [1.82, 2.24) is 15.1 Å². The van der Waals surface area contributed by atoms with Gasteiger partial charge in [-0.15, -0.1) is 10.2 Å². The molecule has 1 aromatic heterocycles. The molecule has 33 heavy (non-hydrogen) atoms. The van der Waals surface area contributed by atoms with Gasteiger partial charge >= 0.3 is 0 Å². The summed E-state index contributed by atoms with van der Waals surface area (Å²) in [5, 5.41) is 18.1.